The third-order valence-electron chi connectivity index (χ3n) is 2.37. The molecule has 0 saturated carbocycles. The molecule has 1 aromatic heterocycles. The summed E-state index contributed by atoms with van der Waals surface area (Å²) in [5.74, 6) is 0.825. The summed E-state index contributed by atoms with van der Waals surface area (Å²) in [5.41, 5.74) is 6.59. The Morgan fingerprint density at radius 1 is 1.37 bits per heavy atom. The van der Waals surface area contributed by atoms with Crippen LogP contribution in [0.3, 0.4) is 0 Å². The predicted octanol–water partition coefficient (Wildman–Crippen LogP) is 2.58. The SMILES string of the molecule is CNC(=O)c1cc(Oc2cc(N)ccc2Br)ccn1. The van der Waals surface area contributed by atoms with Gasteiger partial charge in [0.25, 0.3) is 5.91 Å². The Hall–Kier alpha value is -2.08. The molecule has 19 heavy (non-hydrogen) atoms. The summed E-state index contributed by atoms with van der Waals surface area (Å²) in [4.78, 5) is 15.4. The van der Waals surface area contributed by atoms with E-state index in [1.165, 1.54) is 6.20 Å². The zero-order chi connectivity index (χ0) is 13.8. The summed E-state index contributed by atoms with van der Waals surface area (Å²) in [5, 5.41) is 2.51. The zero-order valence-electron chi connectivity index (χ0n) is 10.2. The van der Waals surface area contributed by atoms with Crippen molar-refractivity contribution in [2.24, 2.45) is 0 Å². The van der Waals surface area contributed by atoms with Crippen LogP contribution in [0, 0.1) is 0 Å². The van der Waals surface area contributed by atoms with Gasteiger partial charge in [-0.3, -0.25) is 9.78 Å². The highest BCUT2D eigenvalue weighted by molar-refractivity contribution is 9.10. The maximum Gasteiger partial charge on any atom is 0.269 e. The molecule has 1 amide bonds. The highest BCUT2D eigenvalue weighted by Crippen LogP contribution is 2.31. The van der Waals surface area contributed by atoms with Gasteiger partial charge in [0.2, 0.25) is 0 Å². The van der Waals surface area contributed by atoms with Crippen molar-refractivity contribution in [1.82, 2.24) is 10.3 Å². The number of nitrogens with one attached hydrogen (secondary N) is 1. The number of nitrogens with two attached hydrogens (primary N) is 1. The van der Waals surface area contributed by atoms with Crippen molar-refractivity contribution in [2.75, 3.05) is 12.8 Å². The summed E-state index contributed by atoms with van der Waals surface area (Å²) in [6.45, 7) is 0. The van der Waals surface area contributed by atoms with Crippen LogP contribution in [0.25, 0.3) is 0 Å². The average Bonchev–Trinajstić information content (AvgIpc) is 2.42. The lowest BCUT2D eigenvalue weighted by Crippen LogP contribution is -2.18. The van der Waals surface area contributed by atoms with Crippen molar-refractivity contribution in [1.29, 1.82) is 0 Å². The fourth-order valence-corrected chi connectivity index (χ4v) is 1.78. The Morgan fingerprint density at radius 3 is 2.89 bits per heavy atom. The Kier molecular flexibility index (Phi) is 4.01. The van der Waals surface area contributed by atoms with Crippen molar-refractivity contribution < 1.29 is 9.53 Å². The van der Waals surface area contributed by atoms with Crippen LogP contribution in [0.2, 0.25) is 0 Å². The molecule has 5 nitrogen and oxygen atoms in total. The maximum absolute atomic E-state index is 11.5. The van der Waals surface area contributed by atoms with Gasteiger partial charge in [-0.25, -0.2) is 0 Å². The minimum atomic E-state index is -0.267. The van der Waals surface area contributed by atoms with E-state index in [4.69, 9.17) is 10.5 Å². The molecular weight excluding hydrogens is 310 g/mol. The fourth-order valence-electron chi connectivity index (χ4n) is 1.45. The molecule has 0 bridgehead atoms. The van der Waals surface area contributed by atoms with Gasteiger partial charge in [0, 0.05) is 31.1 Å². The monoisotopic (exact) mass is 321 g/mol. The molecule has 0 aliphatic heterocycles. The molecule has 2 aromatic rings. The van der Waals surface area contributed by atoms with Gasteiger partial charge in [-0.1, -0.05) is 0 Å². The van der Waals surface area contributed by atoms with E-state index in [1.54, 1.807) is 37.4 Å². The molecule has 0 radical (unpaired) electrons. The minimum absolute atomic E-state index is 0.267. The van der Waals surface area contributed by atoms with Gasteiger partial charge in [0.05, 0.1) is 4.47 Å². The number of hydrogen-bond acceptors (Lipinski definition) is 4. The normalized spacial score (nSPS) is 10.0. The first-order chi connectivity index (χ1) is 9.10. The Labute approximate surface area is 118 Å². The lowest BCUT2D eigenvalue weighted by atomic mass is 10.3. The average molecular weight is 322 g/mol. The number of carbonyl (C=O) groups is 1. The van der Waals surface area contributed by atoms with Gasteiger partial charge in [-0.05, 0) is 34.1 Å². The van der Waals surface area contributed by atoms with E-state index in [0.717, 1.165) is 4.47 Å². The van der Waals surface area contributed by atoms with Crippen LogP contribution in [-0.2, 0) is 0 Å². The van der Waals surface area contributed by atoms with Gasteiger partial charge in [-0.2, -0.15) is 0 Å². The van der Waals surface area contributed by atoms with Gasteiger partial charge >= 0.3 is 0 Å². The number of rotatable bonds is 3. The van der Waals surface area contributed by atoms with Crippen LogP contribution >= 0.6 is 15.9 Å². The third kappa shape index (κ3) is 3.23. The van der Waals surface area contributed by atoms with Crippen LogP contribution in [0.1, 0.15) is 10.5 Å². The van der Waals surface area contributed by atoms with E-state index in [0.29, 0.717) is 22.9 Å². The summed E-state index contributed by atoms with van der Waals surface area (Å²) in [6, 6.07) is 8.49. The van der Waals surface area contributed by atoms with Crippen LogP contribution < -0.4 is 15.8 Å². The quantitative estimate of drug-likeness (QED) is 0.852. The lowest BCUT2D eigenvalue weighted by Gasteiger charge is -2.09. The number of pyridine rings is 1. The summed E-state index contributed by atoms with van der Waals surface area (Å²) in [6.07, 6.45) is 1.51. The van der Waals surface area contributed by atoms with E-state index in [2.05, 4.69) is 26.2 Å². The number of carbonyl (C=O) groups excluding carboxylic acids is 1. The molecule has 0 atom stereocenters. The number of aromatic nitrogens is 1. The molecule has 2 rings (SSSR count). The third-order valence-corrected chi connectivity index (χ3v) is 3.03. The molecule has 1 aromatic carbocycles. The molecule has 0 fully saturated rings. The Bertz CT molecular complexity index is 617. The van der Waals surface area contributed by atoms with Crippen molar-refractivity contribution in [3.8, 4) is 11.5 Å². The fraction of sp³-hybridized carbons (Fsp3) is 0.0769. The second kappa shape index (κ2) is 5.71. The summed E-state index contributed by atoms with van der Waals surface area (Å²) in [7, 11) is 1.55. The van der Waals surface area contributed by atoms with Crippen molar-refractivity contribution in [2.45, 2.75) is 0 Å². The van der Waals surface area contributed by atoms with Crippen molar-refractivity contribution in [3.63, 3.8) is 0 Å². The second-order valence-corrected chi connectivity index (χ2v) is 4.60. The van der Waals surface area contributed by atoms with Gasteiger partial charge in [0.15, 0.2) is 0 Å². The van der Waals surface area contributed by atoms with Crippen molar-refractivity contribution in [3.05, 3.63) is 46.7 Å². The van der Waals surface area contributed by atoms with Gasteiger partial charge in [0.1, 0.15) is 17.2 Å². The number of ether oxygens (including phenoxy) is 1. The predicted molar refractivity (Wildman–Crippen MR) is 76.3 cm³/mol. The first kappa shape index (κ1) is 13.4. The van der Waals surface area contributed by atoms with Crippen LogP contribution in [0.15, 0.2) is 41.0 Å². The number of nitrogen functional groups attached to an aromatic ring is 1. The lowest BCUT2D eigenvalue weighted by molar-refractivity contribution is 0.0958. The minimum Gasteiger partial charge on any atom is -0.456 e. The standard InChI is InChI=1S/C13H12BrN3O2/c1-16-13(18)11-7-9(4-5-17-11)19-12-6-8(15)2-3-10(12)14/h2-7H,15H2,1H3,(H,16,18). The van der Waals surface area contributed by atoms with E-state index in [1.807, 2.05) is 0 Å². The van der Waals surface area contributed by atoms with Gasteiger partial charge < -0.3 is 15.8 Å². The smallest absolute Gasteiger partial charge is 0.269 e. The number of amides is 1. The van der Waals surface area contributed by atoms with Crippen LogP contribution in [0.4, 0.5) is 5.69 Å². The van der Waals surface area contributed by atoms with E-state index < -0.39 is 0 Å². The first-order valence-corrected chi connectivity index (χ1v) is 6.30. The first-order valence-electron chi connectivity index (χ1n) is 5.51. The highest BCUT2D eigenvalue weighted by Gasteiger charge is 2.08. The molecule has 1 heterocycles. The molecule has 0 aliphatic carbocycles. The van der Waals surface area contributed by atoms with E-state index >= 15 is 0 Å². The second-order valence-electron chi connectivity index (χ2n) is 3.75. The molecule has 0 saturated heterocycles. The molecule has 3 N–H and O–H groups in total. The molecule has 0 spiro atoms. The molecular formula is C13H12BrN3O2. The van der Waals surface area contributed by atoms with Crippen LogP contribution in [0.5, 0.6) is 11.5 Å². The van der Waals surface area contributed by atoms with E-state index in [9.17, 15) is 4.79 Å². The number of anilines is 1. The number of hydrogen-bond donors (Lipinski definition) is 2. The molecule has 98 valence electrons. The molecule has 0 unspecified atom stereocenters. The van der Waals surface area contributed by atoms with Crippen molar-refractivity contribution >= 4 is 27.5 Å². The van der Waals surface area contributed by atoms with E-state index in [-0.39, 0.29) is 5.91 Å². The largest absolute Gasteiger partial charge is 0.456 e. The number of benzene rings is 1. The Morgan fingerprint density at radius 2 is 2.16 bits per heavy atom. The Balaban J connectivity index is 2.28. The summed E-state index contributed by atoms with van der Waals surface area (Å²) >= 11 is 3.37. The summed E-state index contributed by atoms with van der Waals surface area (Å²) < 4.78 is 6.46. The highest BCUT2D eigenvalue weighted by atomic mass is 79.9. The number of nitrogens with zero attached hydrogens (tertiary/aromatic N) is 1. The van der Waals surface area contributed by atoms with Crippen LogP contribution in [-0.4, -0.2) is 17.9 Å². The molecule has 0 aliphatic rings. The van der Waals surface area contributed by atoms with Gasteiger partial charge in [-0.15, -0.1) is 0 Å². The zero-order valence-corrected chi connectivity index (χ0v) is 11.8. The topological polar surface area (TPSA) is 77.2 Å². The number of halogens is 1. The molecule has 6 heteroatoms. The maximum atomic E-state index is 11.5.